The molecule has 0 saturated heterocycles. The van der Waals surface area contributed by atoms with Gasteiger partial charge in [0, 0.05) is 6.54 Å². The molecule has 2 rings (SSSR count). The SMILES string of the molecule is CCNC(=O)C1=C(C)C2C(=O)N=CN=C2S1. The Morgan fingerprint density at radius 1 is 1.62 bits per heavy atom. The van der Waals surface area contributed by atoms with Crippen LogP contribution in [0.1, 0.15) is 13.8 Å². The maximum Gasteiger partial charge on any atom is 0.261 e. The topological polar surface area (TPSA) is 70.9 Å². The largest absolute Gasteiger partial charge is 0.352 e. The van der Waals surface area contributed by atoms with Gasteiger partial charge in [-0.2, -0.15) is 0 Å². The highest BCUT2D eigenvalue weighted by atomic mass is 32.2. The van der Waals surface area contributed by atoms with Crippen molar-refractivity contribution in [1.29, 1.82) is 0 Å². The van der Waals surface area contributed by atoms with E-state index in [1.807, 2.05) is 6.92 Å². The van der Waals surface area contributed by atoms with E-state index in [1.54, 1.807) is 6.92 Å². The molecular formula is C10H11N3O2S. The van der Waals surface area contributed by atoms with E-state index < -0.39 is 5.92 Å². The molecular weight excluding hydrogens is 226 g/mol. The number of carbonyl (C=O) groups excluding carboxylic acids is 2. The van der Waals surface area contributed by atoms with Crippen molar-refractivity contribution in [3.8, 4) is 0 Å². The predicted molar refractivity (Wildman–Crippen MR) is 63.4 cm³/mol. The summed E-state index contributed by atoms with van der Waals surface area (Å²) in [6, 6.07) is 0. The normalized spacial score (nSPS) is 23.2. The van der Waals surface area contributed by atoms with Gasteiger partial charge in [-0.1, -0.05) is 11.8 Å². The van der Waals surface area contributed by atoms with Crippen molar-refractivity contribution in [3.63, 3.8) is 0 Å². The minimum Gasteiger partial charge on any atom is -0.352 e. The molecule has 0 saturated carbocycles. The van der Waals surface area contributed by atoms with Gasteiger partial charge in [-0.3, -0.25) is 9.59 Å². The van der Waals surface area contributed by atoms with E-state index in [4.69, 9.17) is 0 Å². The van der Waals surface area contributed by atoms with E-state index >= 15 is 0 Å². The van der Waals surface area contributed by atoms with E-state index in [-0.39, 0.29) is 11.8 Å². The van der Waals surface area contributed by atoms with Crippen LogP contribution in [0.5, 0.6) is 0 Å². The lowest BCUT2D eigenvalue weighted by atomic mass is 10.00. The molecule has 5 nitrogen and oxygen atoms in total. The molecule has 84 valence electrons. The fourth-order valence-electron chi connectivity index (χ4n) is 1.64. The Kier molecular flexibility index (Phi) is 2.91. The molecule has 2 aliphatic rings. The zero-order valence-corrected chi connectivity index (χ0v) is 9.80. The molecule has 1 atom stereocenters. The number of likely N-dealkylation sites (N-methyl/N-ethyl adjacent to an activating group) is 1. The van der Waals surface area contributed by atoms with Crippen LogP contribution in [0, 0.1) is 5.92 Å². The molecule has 0 radical (unpaired) electrons. The third-order valence-electron chi connectivity index (χ3n) is 2.41. The number of rotatable bonds is 2. The molecule has 2 heterocycles. The van der Waals surface area contributed by atoms with Crippen LogP contribution in [0.3, 0.4) is 0 Å². The first kappa shape index (κ1) is 11.1. The average Bonchev–Trinajstić information content (AvgIpc) is 2.58. The lowest BCUT2D eigenvalue weighted by molar-refractivity contribution is -0.118. The Balaban J connectivity index is 2.30. The minimum absolute atomic E-state index is 0.144. The highest BCUT2D eigenvalue weighted by Crippen LogP contribution is 2.39. The van der Waals surface area contributed by atoms with Crippen LogP contribution in [0.25, 0.3) is 0 Å². The molecule has 1 N–H and O–H groups in total. The molecule has 0 aromatic carbocycles. The number of hydrogen-bond donors (Lipinski definition) is 1. The number of amides is 2. The van der Waals surface area contributed by atoms with Gasteiger partial charge >= 0.3 is 0 Å². The molecule has 2 amide bonds. The first-order chi connectivity index (χ1) is 7.65. The number of nitrogens with zero attached hydrogens (tertiary/aromatic N) is 2. The molecule has 2 aliphatic heterocycles. The van der Waals surface area contributed by atoms with Gasteiger partial charge < -0.3 is 5.32 Å². The molecule has 0 bridgehead atoms. The monoisotopic (exact) mass is 237 g/mol. The highest BCUT2D eigenvalue weighted by Gasteiger charge is 2.38. The van der Waals surface area contributed by atoms with Crippen LogP contribution in [0.2, 0.25) is 0 Å². The van der Waals surface area contributed by atoms with E-state index in [2.05, 4.69) is 15.3 Å². The third kappa shape index (κ3) is 1.69. The second kappa shape index (κ2) is 4.21. The summed E-state index contributed by atoms with van der Waals surface area (Å²) in [5.41, 5.74) is 0.747. The Morgan fingerprint density at radius 3 is 3.00 bits per heavy atom. The summed E-state index contributed by atoms with van der Waals surface area (Å²) in [5.74, 6) is -0.822. The van der Waals surface area contributed by atoms with Crippen LogP contribution < -0.4 is 5.32 Å². The van der Waals surface area contributed by atoms with Gasteiger partial charge in [-0.15, -0.1) is 0 Å². The first-order valence-electron chi connectivity index (χ1n) is 4.96. The van der Waals surface area contributed by atoms with E-state index in [1.165, 1.54) is 18.1 Å². The third-order valence-corrected chi connectivity index (χ3v) is 3.67. The summed E-state index contributed by atoms with van der Waals surface area (Å²) in [4.78, 5) is 31.5. The molecule has 1 unspecified atom stereocenters. The number of nitrogens with one attached hydrogen (secondary N) is 1. The van der Waals surface area contributed by atoms with Gasteiger partial charge in [0.1, 0.15) is 12.3 Å². The smallest absolute Gasteiger partial charge is 0.261 e. The van der Waals surface area contributed by atoms with E-state index in [0.29, 0.717) is 16.5 Å². The van der Waals surface area contributed by atoms with Crippen LogP contribution in [0.15, 0.2) is 20.5 Å². The molecule has 0 aromatic heterocycles. The van der Waals surface area contributed by atoms with Crippen molar-refractivity contribution >= 4 is 35.0 Å². The zero-order chi connectivity index (χ0) is 11.7. The zero-order valence-electron chi connectivity index (χ0n) is 8.98. The standard InChI is InChI=1S/C10H11N3O2S/c1-3-11-9(15)7-5(2)6-8(14)12-4-13-10(6)16-7/h4,6H,3H2,1-2H3,(H,11,15). The number of aliphatic imine (C=N–C) groups is 2. The van der Waals surface area contributed by atoms with E-state index in [9.17, 15) is 9.59 Å². The highest BCUT2D eigenvalue weighted by molar-refractivity contribution is 8.18. The molecule has 6 heteroatoms. The molecule has 0 fully saturated rings. The summed E-state index contributed by atoms with van der Waals surface area (Å²) in [5, 5.41) is 3.37. The Labute approximate surface area is 97.1 Å². The fraction of sp³-hybridized carbons (Fsp3) is 0.400. The Morgan fingerprint density at radius 2 is 2.38 bits per heavy atom. The maximum absolute atomic E-state index is 11.7. The van der Waals surface area contributed by atoms with Gasteiger partial charge in [0.15, 0.2) is 0 Å². The lowest BCUT2D eigenvalue weighted by Crippen LogP contribution is -2.24. The maximum atomic E-state index is 11.7. The number of hydrogen-bond acceptors (Lipinski definition) is 4. The van der Waals surface area contributed by atoms with Gasteiger partial charge in [0.2, 0.25) is 0 Å². The summed E-state index contributed by atoms with van der Waals surface area (Å²) in [6.07, 6.45) is 1.25. The Hall–Kier alpha value is -1.43. The summed E-state index contributed by atoms with van der Waals surface area (Å²) in [7, 11) is 0. The van der Waals surface area contributed by atoms with Gasteiger partial charge in [-0.05, 0) is 19.4 Å². The fourth-order valence-corrected chi connectivity index (χ4v) is 2.78. The van der Waals surface area contributed by atoms with Crippen molar-refractivity contribution in [2.45, 2.75) is 13.8 Å². The summed E-state index contributed by atoms with van der Waals surface area (Å²) in [6.45, 7) is 4.20. The molecule has 0 spiro atoms. The molecule has 0 aromatic rings. The second-order valence-electron chi connectivity index (χ2n) is 3.46. The van der Waals surface area contributed by atoms with Crippen LogP contribution >= 0.6 is 11.8 Å². The summed E-state index contributed by atoms with van der Waals surface area (Å²) < 4.78 is 0. The average molecular weight is 237 g/mol. The second-order valence-corrected chi connectivity index (χ2v) is 4.49. The quantitative estimate of drug-likeness (QED) is 0.769. The molecule has 16 heavy (non-hydrogen) atoms. The van der Waals surface area contributed by atoms with Crippen molar-refractivity contribution < 1.29 is 9.59 Å². The van der Waals surface area contributed by atoms with Crippen LogP contribution in [-0.2, 0) is 9.59 Å². The van der Waals surface area contributed by atoms with Crippen molar-refractivity contribution in [2.24, 2.45) is 15.9 Å². The van der Waals surface area contributed by atoms with Crippen LogP contribution in [-0.4, -0.2) is 29.7 Å². The first-order valence-corrected chi connectivity index (χ1v) is 5.77. The number of fused-ring (bicyclic) bond motifs is 1. The van der Waals surface area contributed by atoms with Crippen molar-refractivity contribution in [1.82, 2.24) is 5.32 Å². The van der Waals surface area contributed by atoms with Crippen LogP contribution in [0.4, 0.5) is 0 Å². The van der Waals surface area contributed by atoms with Gasteiger partial charge in [0.05, 0.1) is 9.95 Å². The van der Waals surface area contributed by atoms with Crippen molar-refractivity contribution in [3.05, 3.63) is 10.5 Å². The minimum atomic E-state index is -0.437. The van der Waals surface area contributed by atoms with E-state index in [0.717, 1.165) is 5.57 Å². The number of carbonyl (C=O) groups is 2. The van der Waals surface area contributed by atoms with Crippen molar-refractivity contribution in [2.75, 3.05) is 6.54 Å². The van der Waals surface area contributed by atoms with Gasteiger partial charge in [-0.25, -0.2) is 9.98 Å². The van der Waals surface area contributed by atoms with Gasteiger partial charge in [0.25, 0.3) is 11.8 Å². The predicted octanol–water partition coefficient (Wildman–Crippen LogP) is 0.727. The molecule has 0 aliphatic carbocycles. The number of thioether (sulfide) groups is 1. The Bertz CT molecular complexity index is 451. The lowest BCUT2D eigenvalue weighted by Gasteiger charge is -2.09. The summed E-state index contributed by atoms with van der Waals surface area (Å²) >= 11 is 1.26.